The third-order valence-electron chi connectivity index (χ3n) is 5.30. The van der Waals surface area contributed by atoms with Crippen LogP contribution in [0.4, 0.5) is 11.4 Å². The van der Waals surface area contributed by atoms with Crippen LogP contribution in [0.25, 0.3) is 6.08 Å². The summed E-state index contributed by atoms with van der Waals surface area (Å²) in [4.78, 5) is 27.4. The summed E-state index contributed by atoms with van der Waals surface area (Å²) in [6.45, 7) is 3.98. The molecule has 1 aliphatic rings. The van der Waals surface area contributed by atoms with E-state index in [4.69, 9.17) is 44.9 Å². The fourth-order valence-electron chi connectivity index (χ4n) is 3.51. The second kappa shape index (κ2) is 12.0. The lowest BCUT2D eigenvalue weighted by molar-refractivity contribution is -0.118. The number of nitrogens with zero attached hydrogens (tertiary/aromatic N) is 1. The summed E-state index contributed by atoms with van der Waals surface area (Å²) in [6, 6.07) is 17.7. The number of rotatable bonds is 8. The number of ether oxygens (including phenoxy) is 2. The zero-order valence-corrected chi connectivity index (χ0v) is 23.1. The number of hydrogen-bond donors (Lipinski definition) is 1. The predicted octanol–water partition coefficient (Wildman–Crippen LogP) is 7.12. The van der Waals surface area contributed by atoms with Crippen molar-refractivity contribution in [2.24, 2.45) is 0 Å². The van der Waals surface area contributed by atoms with E-state index in [1.54, 1.807) is 42.5 Å². The van der Waals surface area contributed by atoms with E-state index in [0.717, 1.165) is 16.8 Å². The smallest absolute Gasteiger partial charge is 0.270 e. The summed E-state index contributed by atoms with van der Waals surface area (Å²) in [7, 11) is 0. The molecule has 1 fully saturated rings. The minimum absolute atomic E-state index is 0.184. The Morgan fingerprint density at radius 3 is 2.57 bits per heavy atom. The molecule has 190 valence electrons. The summed E-state index contributed by atoms with van der Waals surface area (Å²) >= 11 is 18.8. The molecule has 3 aromatic rings. The number of aryl methyl sites for hydroxylation is 1. The number of para-hydroxylation sites is 1. The molecule has 0 radical (unpaired) electrons. The first-order chi connectivity index (χ1) is 17.8. The molecule has 6 nitrogen and oxygen atoms in total. The summed E-state index contributed by atoms with van der Waals surface area (Å²) in [6.07, 6.45) is 1.73. The molecule has 0 saturated carbocycles. The molecule has 0 unspecified atom stereocenters. The van der Waals surface area contributed by atoms with Crippen molar-refractivity contribution >= 4 is 80.8 Å². The minimum Gasteiger partial charge on any atom is -0.490 e. The zero-order chi connectivity index (χ0) is 26.5. The molecule has 2 amide bonds. The van der Waals surface area contributed by atoms with Gasteiger partial charge in [0.15, 0.2) is 22.4 Å². The third-order valence-corrected chi connectivity index (χ3v) is 7.34. The fourth-order valence-corrected chi connectivity index (χ4v) is 5.10. The van der Waals surface area contributed by atoms with Crippen LogP contribution in [0.3, 0.4) is 0 Å². The minimum atomic E-state index is -0.285. The van der Waals surface area contributed by atoms with Gasteiger partial charge in [0.1, 0.15) is 0 Å². The number of thioether (sulfide) groups is 1. The molecule has 0 aromatic heterocycles. The van der Waals surface area contributed by atoms with Crippen molar-refractivity contribution in [3.8, 4) is 11.5 Å². The van der Waals surface area contributed by atoms with Gasteiger partial charge in [-0.1, -0.05) is 71.4 Å². The first kappa shape index (κ1) is 27.0. The maximum Gasteiger partial charge on any atom is 0.270 e. The SMILES string of the molecule is CCOc1cc(/C=C2\SC(=S)N(c3ccc(Cl)c(Cl)c3)C2=O)ccc1OCC(=O)Nc1ccccc1C. The first-order valence-corrected chi connectivity index (χ1v) is 13.2. The number of carbonyl (C=O) groups excluding carboxylic acids is 2. The highest BCUT2D eigenvalue weighted by molar-refractivity contribution is 8.27. The van der Waals surface area contributed by atoms with E-state index >= 15 is 0 Å². The fraction of sp³-hybridized carbons (Fsp3) is 0.148. The number of anilines is 2. The molecule has 37 heavy (non-hydrogen) atoms. The number of carbonyl (C=O) groups is 2. The van der Waals surface area contributed by atoms with Gasteiger partial charge < -0.3 is 14.8 Å². The molecule has 4 rings (SSSR count). The standard InChI is InChI=1S/C27H22Cl2N2O4S2/c1-3-34-23-12-17(8-11-22(23)35-15-25(32)30-21-7-5-4-6-16(21)2)13-24-26(33)31(27(36)37-24)18-9-10-19(28)20(29)14-18/h4-14H,3,15H2,1-2H3,(H,30,32)/b24-13-. The second-order valence-electron chi connectivity index (χ2n) is 7.91. The van der Waals surface area contributed by atoms with Gasteiger partial charge in [0, 0.05) is 5.69 Å². The van der Waals surface area contributed by atoms with Gasteiger partial charge >= 0.3 is 0 Å². The second-order valence-corrected chi connectivity index (χ2v) is 10.4. The lowest BCUT2D eigenvalue weighted by atomic mass is 10.1. The predicted molar refractivity (Wildman–Crippen MR) is 155 cm³/mol. The van der Waals surface area contributed by atoms with Crippen LogP contribution in [-0.4, -0.2) is 29.3 Å². The van der Waals surface area contributed by atoms with E-state index in [1.165, 1.54) is 16.7 Å². The van der Waals surface area contributed by atoms with Crippen LogP contribution in [-0.2, 0) is 9.59 Å². The van der Waals surface area contributed by atoms with E-state index in [9.17, 15) is 9.59 Å². The maximum atomic E-state index is 13.1. The topological polar surface area (TPSA) is 67.9 Å². The van der Waals surface area contributed by atoms with Crippen LogP contribution in [0.5, 0.6) is 11.5 Å². The number of thiocarbonyl (C=S) groups is 1. The van der Waals surface area contributed by atoms with Crippen LogP contribution in [0.2, 0.25) is 10.0 Å². The Morgan fingerprint density at radius 2 is 1.84 bits per heavy atom. The molecule has 0 atom stereocenters. The van der Waals surface area contributed by atoms with Crippen LogP contribution >= 0.6 is 47.2 Å². The average Bonchev–Trinajstić information content (AvgIpc) is 3.14. The number of hydrogen-bond acceptors (Lipinski definition) is 6. The number of halogens is 2. The van der Waals surface area contributed by atoms with E-state index in [0.29, 0.717) is 43.1 Å². The van der Waals surface area contributed by atoms with Crippen molar-refractivity contribution in [2.75, 3.05) is 23.4 Å². The Kier molecular flexibility index (Phi) is 8.76. The summed E-state index contributed by atoms with van der Waals surface area (Å²) < 4.78 is 11.9. The van der Waals surface area contributed by atoms with Crippen molar-refractivity contribution in [1.29, 1.82) is 0 Å². The van der Waals surface area contributed by atoms with Gasteiger partial charge in [-0.2, -0.15) is 0 Å². The first-order valence-electron chi connectivity index (χ1n) is 11.2. The normalized spacial score (nSPS) is 14.3. The molecule has 1 N–H and O–H groups in total. The molecular weight excluding hydrogens is 551 g/mol. The molecule has 10 heteroatoms. The Morgan fingerprint density at radius 1 is 1.05 bits per heavy atom. The molecule has 0 aliphatic carbocycles. The molecule has 1 saturated heterocycles. The van der Waals surface area contributed by atoms with Gasteiger partial charge in [0.2, 0.25) is 0 Å². The van der Waals surface area contributed by atoms with E-state index < -0.39 is 0 Å². The van der Waals surface area contributed by atoms with Gasteiger partial charge in [-0.15, -0.1) is 0 Å². The average molecular weight is 574 g/mol. The summed E-state index contributed by atoms with van der Waals surface area (Å²) in [5.41, 5.74) is 2.95. The Balaban J connectivity index is 1.49. The molecule has 0 bridgehead atoms. The van der Waals surface area contributed by atoms with Gasteiger partial charge in [0.25, 0.3) is 11.8 Å². The monoisotopic (exact) mass is 572 g/mol. The van der Waals surface area contributed by atoms with Crippen molar-refractivity contribution < 1.29 is 19.1 Å². The van der Waals surface area contributed by atoms with Gasteiger partial charge in [0.05, 0.1) is 27.2 Å². The Hall–Kier alpha value is -3.04. The third kappa shape index (κ3) is 6.45. The molecule has 1 aliphatic heterocycles. The molecule has 3 aromatic carbocycles. The molecule has 1 heterocycles. The van der Waals surface area contributed by atoms with E-state index in [1.807, 2.05) is 38.1 Å². The van der Waals surface area contributed by atoms with Crippen molar-refractivity contribution in [3.63, 3.8) is 0 Å². The maximum absolute atomic E-state index is 13.1. The van der Waals surface area contributed by atoms with E-state index in [2.05, 4.69) is 5.32 Å². The quantitative estimate of drug-likeness (QED) is 0.229. The van der Waals surface area contributed by atoms with Crippen LogP contribution in [0.1, 0.15) is 18.1 Å². The van der Waals surface area contributed by atoms with E-state index in [-0.39, 0.29) is 18.4 Å². The van der Waals surface area contributed by atoms with Crippen molar-refractivity contribution in [3.05, 3.63) is 86.7 Å². The zero-order valence-electron chi connectivity index (χ0n) is 19.9. The largest absolute Gasteiger partial charge is 0.490 e. The number of nitrogens with one attached hydrogen (secondary N) is 1. The van der Waals surface area contributed by atoms with Crippen LogP contribution < -0.4 is 19.7 Å². The Labute approximate surface area is 234 Å². The summed E-state index contributed by atoms with van der Waals surface area (Å²) in [5.74, 6) is 0.327. The van der Waals surface area contributed by atoms with Gasteiger partial charge in [-0.3, -0.25) is 14.5 Å². The lowest BCUT2D eigenvalue weighted by Crippen LogP contribution is -2.27. The van der Waals surface area contributed by atoms with Gasteiger partial charge in [-0.25, -0.2) is 0 Å². The lowest BCUT2D eigenvalue weighted by Gasteiger charge is -2.15. The highest BCUT2D eigenvalue weighted by Gasteiger charge is 2.33. The van der Waals surface area contributed by atoms with Crippen molar-refractivity contribution in [1.82, 2.24) is 0 Å². The van der Waals surface area contributed by atoms with Crippen LogP contribution in [0, 0.1) is 6.92 Å². The number of amides is 2. The van der Waals surface area contributed by atoms with Crippen LogP contribution in [0.15, 0.2) is 65.6 Å². The molecule has 0 spiro atoms. The highest BCUT2D eigenvalue weighted by Crippen LogP contribution is 2.39. The van der Waals surface area contributed by atoms with Crippen molar-refractivity contribution in [2.45, 2.75) is 13.8 Å². The summed E-state index contributed by atoms with van der Waals surface area (Å²) in [5, 5.41) is 3.57. The highest BCUT2D eigenvalue weighted by atomic mass is 35.5. The number of benzene rings is 3. The molecular formula is C27H22Cl2N2O4S2. The Bertz CT molecular complexity index is 1410. The van der Waals surface area contributed by atoms with Gasteiger partial charge in [-0.05, 0) is 67.4 Å².